The lowest BCUT2D eigenvalue weighted by Gasteiger charge is -2.05. The van der Waals surface area contributed by atoms with Crippen molar-refractivity contribution in [3.63, 3.8) is 0 Å². The Morgan fingerprint density at radius 3 is 2.77 bits per heavy atom. The fraction of sp³-hybridized carbons (Fsp3) is 0.0909. The highest BCUT2D eigenvalue weighted by molar-refractivity contribution is 5.54. The molecule has 0 radical (unpaired) electrons. The quantitative estimate of drug-likeness (QED) is 0.449. The molecule has 0 spiro atoms. The fourth-order valence-corrected chi connectivity index (χ4v) is 2.39. The van der Waals surface area contributed by atoms with Crippen molar-refractivity contribution in [3.05, 3.63) is 89.8 Å². The van der Waals surface area contributed by atoms with Crippen LogP contribution in [0, 0.1) is 18.3 Å². The Kier molecular flexibility index (Phi) is 5.64. The summed E-state index contributed by atoms with van der Waals surface area (Å²) in [7, 11) is 0. The largest absolute Gasteiger partial charge is 0.487 e. The van der Waals surface area contributed by atoms with Gasteiger partial charge in [-0.05, 0) is 36.8 Å². The van der Waals surface area contributed by atoms with Gasteiger partial charge < -0.3 is 9.15 Å². The highest BCUT2D eigenvalue weighted by Crippen LogP contribution is 2.23. The van der Waals surface area contributed by atoms with Crippen molar-refractivity contribution in [3.8, 4) is 23.3 Å². The first-order chi connectivity index (χ1) is 12.8. The lowest BCUT2D eigenvalue weighted by atomic mass is 10.2. The lowest BCUT2D eigenvalue weighted by molar-refractivity contribution is 0.299. The van der Waals surface area contributed by atoms with E-state index >= 15 is 0 Å². The second-order valence-electron chi connectivity index (χ2n) is 5.60. The van der Waals surface area contributed by atoms with E-state index in [9.17, 15) is 0 Å². The number of hydrogen-bond donors (Lipinski definition) is 0. The minimum Gasteiger partial charge on any atom is -0.487 e. The van der Waals surface area contributed by atoms with E-state index in [2.05, 4.69) is 4.98 Å². The molecule has 0 fully saturated rings. The smallest absolute Gasteiger partial charge is 0.226 e. The van der Waals surface area contributed by atoms with Crippen LogP contribution in [-0.4, -0.2) is 4.98 Å². The number of allylic oxidation sites excluding steroid dienone is 3. The molecule has 1 heterocycles. The van der Waals surface area contributed by atoms with E-state index in [1.54, 1.807) is 6.08 Å². The van der Waals surface area contributed by atoms with Crippen molar-refractivity contribution in [1.29, 1.82) is 5.26 Å². The number of aryl methyl sites for hydroxylation is 1. The molecular weight excluding hydrogens is 324 g/mol. The van der Waals surface area contributed by atoms with Crippen LogP contribution in [0.4, 0.5) is 0 Å². The third-order valence-electron chi connectivity index (χ3n) is 3.72. The van der Waals surface area contributed by atoms with Gasteiger partial charge in [-0.3, -0.25) is 0 Å². The van der Waals surface area contributed by atoms with E-state index in [0.29, 0.717) is 12.5 Å². The van der Waals surface area contributed by atoms with Crippen LogP contribution < -0.4 is 4.74 Å². The maximum atomic E-state index is 8.48. The Hall–Kier alpha value is -3.58. The zero-order chi connectivity index (χ0) is 18.2. The van der Waals surface area contributed by atoms with Crippen molar-refractivity contribution in [2.75, 3.05) is 0 Å². The Labute approximate surface area is 152 Å². The summed E-state index contributed by atoms with van der Waals surface area (Å²) < 4.78 is 11.6. The van der Waals surface area contributed by atoms with E-state index < -0.39 is 0 Å². The van der Waals surface area contributed by atoms with Crippen molar-refractivity contribution in [2.45, 2.75) is 13.5 Å². The van der Waals surface area contributed by atoms with Crippen LogP contribution in [0.25, 0.3) is 17.5 Å². The molecule has 4 heteroatoms. The van der Waals surface area contributed by atoms with Gasteiger partial charge in [0, 0.05) is 11.6 Å². The first kappa shape index (κ1) is 17.2. The number of benzene rings is 2. The summed E-state index contributed by atoms with van der Waals surface area (Å²) in [5.41, 5.74) is 2.72. The second kappa shape index (κ2) is 8.50. The van der Waals surface area contributed by atoms with Crippen LogP contribution in [-0.2, 0) is 6.61 Å². The molecule has 0 amide bonds. The molecule has 0 aliphatic carbocycles. The van der Waals surface area contributed by atoms with Gasteiger partial charge in [0.2, 0.25) is 5.89 Å². The Bertz CT molecular complexity index is 963. The monoisotopic (exact) mass is 342 g/mol. The number of ether oxygens (including phenoxy) is 1. The van der Waals surface area contributed by atoms with Gasteiger partial charge in [-0.25, -0.2) is 4.98 Å². The molecule has 1 aromatic heterocycles. The predicted octanol–water partition coefficient (Wildman–Crippen LogP) is 5.32. The molecule has 2 aromatic carbocycles. The topological polar surface area (TPSA) is 59.1 Å². The minimum absolute atomic E-state index is 0.337. The summed E-state index contributed by atoms with van der Waals surface area (Å²) in [5, 5.41) is 8.48. The number of hydrogen-bond acceptors (Lipinski definition) is 4. The van der Waals surface area contributed by atoms with Crippen LogP contribution >= 0.6 is 0 Å². The minimum atomic E-state index is 0.337. The van der Waals surface area contributed by atoms with Gasteiger partial charge in [-0.15, -0.1) is 0 Å². The van der Waals surface area contributed by atoms with Gasteiger partial charge in [0.05, 0.1) is 6.07 Å². The van der Waals surface area contributed by atoms with Gasteiger partial charge in [-0.2, -0.15) is 5.26 Å². The van der Waals surface area contributed by atoms with Crippen molar-refractivity contribution in [1.82, 2.24) is 4.98 Å². The highest BCUT2D eigenvalue weighted by Gasteiger charge is 2.11. The van der Waals surface area contributed by atoms with Gasteiger partial charge in [0.1, 0.15) is 23.8 Å². The summed E-state index contributed by atoms with van der Waals surface area (Å²) >= 11 is 0. The van der Waals surface area contributed by atoms with Crippen LogP contribution in [0.15, 0.2) is 77.2 Å². The third kappa shape index (κ3) is 4.49. The normalized spacial score (nSPS) is 11.1. The zero-order valence-corrected chi connectivity index (χ0v) is 14.4. The molecule has 3 aromatic rings. The predicted molar refractivity (Wildman–Crippen MR) is 101 cm³/mol. The number of aromatic nitrogens is 1. The standard InChI is InChI=1S/C22H18N2O2/c1-17-21(24-22(26-17)19-11-5-2-6-12-19)16-25-20-13-8-10-18(15-20)9-4-3-7-14-23/h2-13,15H,16H2,1H3. The maximum Gasteiger partial charge on any atom is 0.226 e. The van der Waals surface area contributed by atoms with E-state index in [-0.39, 0.29) is 0 Å². The molecule has 0 saturated heterocycles. The van der Waals surface area contributed by atoms with Crippen molar-refractivity contribution >= 4 is 6.08 Å². The van der Waals surface area contributed by atoms with E-state index in [0.717, 1.165) is 28.3 Å². The lowest BCUT2D eigenvalue weighted by Crippen LogP contribution is -1.97. The Morgan fingerprint density at radius 2 is 1.96 bits per heavy atom. The molecule has 0 unspecified atom stereocenters. The number of nitriles is 1. The molecule has 0 aliphatic rings. The zero-order valence-electron chi connectivity index (χ0n) is 14.4. The molecule has 128 valence electrons. The van der Waals surface area contributed by atoms with Gasteiger partial charge in [0.25, 0.3) is 0 Å². The van der Waals surface area contributed by atoms with E-state index in [1.807, 2.05) is 79.7 Å². The van der Waals surface area contributed by atoms with Crippen LogP contribution in [0.2, 0.25) is 0 Å². The molecule has 0 saturated carbocycles. The molecular formula is C22H18N2O2. The molecule has 0 bridgehead atoms. The first-order valence-electron chi connectivity index (χ1n) is 8.23. The average molecular weight is 342 g/mol. The Balaban J connectivity index is 1.68. The van der Waals surface area contributed by atoms with Gasteiger partial charge in [0.15, 0.2) is 0 Å². The number of oxazole rings is 1. The molecule has 4 nitrogen and oxygen atoms in total. The summed E-state index contributed by atoms with van der Waals surface area (Å²) in [6.45, 7) is 2.22. The maximum absolute atomic E-state index is 8.48. The van der Waals surface area contributed by atoms with E-state index in [1.165, 1.54) is 6.08 Å². The molecule has 0 atom stereocenters. The van der Waals surface area contributed by atoms with E-state index in [4.69, 9.17) is 14.4 Å². The third-order valence-corrected chi connectivity index (χ3v) is 3.72. The first-order valence-corrected chi connectivity index (χ1v) is 8.23. The van der Waals surface area contributed by atoms with Crippen LogP contribution in [0.5, 0.6) is 5.75 Å². The van der Waals surface area contributed by atoms with Gasteiger partial charge in [-0.1, -0.05) is 48.6 Å². The molecule has 3 rings (SSSR count). The van der Waals surface area contributed by atoms with Crippen LogP contribution in [0.1, 0.15) is 17.0 Å². The Morgan fingerprint density at radius 1 is 1.12 bits per heavy atom. The highest BCUT2D eigenvalue weighted by atomic mass is 16.5. The molecule has 26 heavy (non-hydrogen) atoms. The SMILES string of the molecule is Cc1oc(-c2ccccc2)nc1COc1cccc(C=CC=CC#N)c1. The molecule has 0 aliphatic heterocycles. The average Bonchev–Trinajstić information content (AvgIpc) is 3.05. The summed E-state index contributed by atoms with van der Waals surface area (Å²) in [4.78, 5) is 4.54. The van der Waals surface area contributed by atoms with Crippen molar-refractivity contribution < 1.29 is 9.15 Å². The number of rotatable bonds is 6. The molecule has 0 N–H and O–H groups in total. The summed E-state index contributed by atoms with van der Waals surface area (Å²) in [6, 6.07) is 19.5. The number of nitrogens with zero attached hydrogens (tertiary/aromatic N) is 2. The fourth-order valence-electron chi connectivity index (χ4n) is 2.39. The van der Waals surface area contributed by atoms with Gasteiger partial charge >= 0.3 is 0 Å². The van der Waals surface area contributed by atoms with Crippen LogP contribution in [0.3, 0.4) is 0 Å². The van der Waals surface area contributed by atoms with Crippen molar-refractivity contribution in [2.24, 2.45) is 0 Å². The summed E-state index contributed by atoms with van der Waals surface area (Å²) in [5.74, 6) is 2.10. The second-order valence-corrected chi connectivity index (χ2v) is 5.60. The summed E-state index contributed by atoms with van der Waals surface area (Å²) in [6.07, 6.45) is 6.84.